The summed E-state index contributed by atoms with van der Waals surface area (Å²) in [6.45, 7) is 5.74. The molecule has 1 aromatic carbocycles. The molecule has 0 amide bonds. The molecule has 0 aromatic heterocycles. The minimum absolute atomic E-state index is 0.0669. The van der Waals surface area contributed by atoms with Gasteiger partial charge in [0.1, 0.15) is 12.4 Å². The van der Waals surface area contributed by atoms with Crippen LogP contribution in [0.15, 0.2) is 24.3 Å². The van der Waals surface area contributed by atoms with Crippen LogP contribution in [-0.2, 0) is 10.2 Å². The van der Waals surface area contributed by atoms with E-state index in [0.717, 1.165) is 5.56 Å². The Morgan fingerprint density at radius 3 is 2.47 bits per heavy atom. The molecule has 0 bridgehead atoms. The van der Waals surface area contributed by atoms with Crippen LogP contribution >= 0.6 is 0 Å². The summed E-state index contributed by atoms with van der Waals surface area (Å²) >= 11 is 0. The summed E-state index contributed by atoms with van der Waals surface area (Å²) in [6, 6.07) is 7.43. The smallest absolute Gasteiger partial charge is 0.128 e. The second-order valence-corrected chi connectivity index (χ2v) is 4.41. The van der Waals surface area contributed by atoms with Crippen LogP contribution in [0.25, 0.3) is 0 Å². The lowest BCUT2D eigenvalue weighted by Gasteiger charge is -2.22. The molecule has 0 atom stereocenters. The van der Waals surface area contributed by atoms with Crippen molar-refractivity contribution in [3.63, 3.8) is 0 Å². The van der Waals surface area contributed by atoms with Crippen molar-refractivity contribution >= 4 is 5.97 Å². The van der Waals surface area contributed by atoms with E-state index in [1.54, 1.807) is 6.07 Å². The van der Waals surface area contributed by atoms with Crippen LogP contribution in [0.4, 0.5) is 0 Å². The summed E-state index contributed by atoms with van der Waals surface area (Å²) in [5, 5.41) is 10.3. The minimum atomic E-state index is -1.21. The Kier molecular flexibility index (Phi) is 3.35. The van der Waals surface area contributed by atoms with Crippen LogP contribution in [-0.4, -0.2) is 12.6 Å². The van der Waals surface area contributed by atoms with Gasteiger partial charge in [-0.3, -0.25) is 0 Å². The summed E-state index contributed by atoms with van der Waals surface area (Å²) in [6.07, 6.45) is 0. The predicted molar refractivity (Wildman–Crippen MR) is 55.6 cm³/mol. The molecule has 0 heterocycles. The standard InChI is InChI=1S/C12H16O3/c1-12(2,3)9-6-4-5-7-10(9)15-8-11(13)14/h4-7H,8H2,1-3H3,(H,13,14)/p-1. The first kappa shape index (κ1) is 11.6. The van der Waals surface area contributed by atoms with E-state index >= 15 is 0 Å². The molecule has 0 aliphatic rings. The van der Waals surface area contributed by atoms with E-state index in [1.165, 1.54) is 0 Å². The Balaban J connectivity index is 2.92. The first-order valence-electron chi connectivity index (χ1n) is 4.83. The van der Waals surface area contributed by atoms with Crippen LogP contribution in [0, 0.1) is 0 Å². The third-order valence-corrected chi connectivity index (χ3v) is 2.04. The zero-order valence-electron chi connectivity index (χ0n) is 9.24. The van der Waals surface area contributed by atoms with Crippen molar-refractivity contribution in [2.75, 3.05) is 6.61 Å². The molecule has 1 rings (SSSR count). The fourth-order valence-electron chi connectivity index (χ4n) is 1.35. The van der Waals surface area contributed by atoms with Gasteiger partial charge in [-0.05, 0) is 17.0 Å². The number of hydrogen-bond donors (Lipinski definition) is 0. The number of carbonyl (C=O) groups excluding carboxylic acids is 1. The monoisotopic (exact) mass is 207 g/mol. The Morgan fingerprint density at radius 1 is 1.33 bits per heavy atom. The first-order chi connectivity index (χ1) is 6.91. The predicted octanol–water partition coefficient (Wildman–Crippen LogP) is 1.11. The zero-order valence-corrected chi connectivity index (χ0v) is 9.24. The first-order valence-corrected chi connectivity index (χ1v) is 4.83. The van der Waals surface area contributed by atoms with Crippen molar-refractivity contribution in [1.29, 1.82) is 0 Å². The number of para-hydroxylation sites is 1. The van der Waals surface area contributed by atoms with Gasteiger partial charge in [-0.25, -0.2) is 0 Å². The van der Waals surface area contributed by atoms with E-state index in [1.807, 2.05) is 39.0 Å². The molecule has 0 fully saturated rings. The quantitative estimate of drug-likeness (QED) is 0.746. The fourth-order valence-corrected chi connectivity index (χ4v) is 1.35. The third-order valence-electron chi connectivity index (χ3n) is 2.04. The number of ether oxygens (including phenoxy) is 1. The molecule has 0 saturated heterocycles. The number of carbonyl (C=O) groups is 1. The van der Waals surface area contributed by atoms with Gasteiger partial charge < -0.3 is 14.6 Å². The highest BCUT2D eigenvalue weighted by Crippen LogP contribution is 2.30. The van der Waals surface area contributed by atoms with Gasteiger partial charge in [-0.15, -0.1) is 0 Å². The SMILES string of the molecule is CC(C)(C)c1ccccc1OCC(=O)[O-]. The van der Waals surface area contributed by atoms with Gasteiger partial charge in [0, 0.05) is 0 Å². The summed E-state index contributed by atoms with van der Waals surface area (Å²) in [7, 11) is 0. The molecular formula is C12H15O3-. The van der Waals surface area contributed by atoms with Crippen molar-refractivity contribution in [2.24, 2.45) is 0 Å². The lowest BCUT2D eigenvalue weighted by molar-refractivity contribution is -0.307. The summed E-state index contributed by atoms with van der Waals surface area (Å²) in [5.41, 5.74) is 0.925. The van der Waals surface area contributed by atoms with Gasteiger partial charge in [0.2, 0.25) is 0 Å². The molecule has 0 saturated carbocycles. The maximum Gasteiger partial charge on any atom is 0.128 e. The van der Waals surface area contributed by atoms with E-state index in [2.05, 4.69) is 0 Å². The fraction of sp³-hybridized carbons (Fsp3) is 0.417. The van der Waals surface area contributed by atoms with Crippen molar-refractivity contribution in [1.82, 2.24) is 0 Å². The van der Waals surface area contributed by atoms with Gasteiger partial charge in [0.05, 0.1) is 5.97 Å². The summed E-state index contributed by atoms with van der Waals surface area (Å²) in [5.74, 6) is -0.604. The molecular weight excluding hydrogens is 192 g/mol. The van der Waals surface area contributed by atoms with Gasteiger partial charge in [-0.2, -0.15) is 0 Å². The summed E-state index contributed by atoms with van der Waals surface area (Å²) in [4.78, 5) is 10.3. The maximum absolute atomic E-state index is 10.3. The average molecular weight is 207 g/mol. The number of hydrogen-bond acceptors (Lipinski definition) is 3. The molecule has 0 aliphatic carbocycles. The number of rotatable bonds is 3. The average Bonchev–Trinajstić information content (AvgIpc) is 2.13. The van der Waals surface area contributed by atoms with Crippen molar-refractivity contribution in [3.8, 4) is 5.75 Å². The van der Waals surface area contributed by atoms with Gasteiger partial charge in [0.15, 0.2) is 0 Å². The molecule has 3 heteroatoms. The summed E-state index contributed by atoms with van der Waals surface area (Å²) < 4.78 is 5.16. The van der Waals surface area contributed by atoms with Crippen LogP contribution in [0.3, 0.4) is 0 Å². The molecule has 0 unspecified atom stereocenters. The van der Waals surface area contributed by atoms with Gasteiger partial charge in [-0.1, -0.05) is 39.0 Å². The molecule has 0 radical (unpaired) electrons. The second-order valence-electron chi connectivity index (χ2n) is 4.41. The molecule has 0 spiro atoms. The van der Waals surface area contributed by atoms with Crippen molar-refractivity contribution in [3.05, 3.63) is 29.8 Å². The van der Waals surface area contributed by atoms with Crippen LogP contribution in [0.2, 0.25) is 0 Å². The highest BCUT2D eigenvalue weighted by atomic mass is 16.5. The molecule has 82 valence electrons. The number of carboxylic acids is 1. The lowest BCUT2D eigenvalue weighted by Crippen LogP contribution is -2.29. The van der Waals surface area contributed by atoms with Crippen LogP contribution in [0.1, 0.15) is 26.3 Å². The molecule has 3 nitrogen and oxygen atoms in total. The topological polar surface area (TPSA) is 49.4 Å². The third kappa shape index (κ3) is 3.27. The normalized spacial score (nSPS) is 11.1. The number of carboxylic acid groups (broad SMARTS) is 1. The van der Waals surface area contributed by atoms with E-state index in [4.69, 9.17) is 4.74 Å². The highest BCUT2D eigenvalue weighted by molar-refractivity contribution is 5.66. The van der Waals surface area contributed by atoms with E-state index in [-0.39, 0.29) is 5.41 Å². The Hall–Kier alpha value is -1.51. The lowest BCUT2D eigenvalue weighted by atomic mass is 9.86. The van der Waals surface area contributed by atoms with Crippen molar-refractivity contribution < 1.29 is 14.6 Å². The van der Waals surface area contributed by atoms with E-state index in [9.17, 15) is 9.90 Å². The molecule has 0 N–H and O–H groups in total. The van der Waals surface area contributed by atoms with E-state index < -0.39 is 12.6 Å². The minimum Gasteiger partial charge on any atom is -0.546 e. The largest absolute Gasteiger partial charge is 0.546 e. The molecule has 15 heavy (non-hydrogen) atoms. The maximum atomic E-state index is 10.3. The molecule has 1 aromatic rings. The molecule has 0 aliphatic heterocycles. The highest BCUT2D eigenvalue weighted by Gasteiger charge is 2.18. The Morgan fingerprint density at radius 2 is 1.93 bits per heavy atom. The van der Waals surface area contributed by atoms with Gasteiger partial charge >= 0.3 is 0 Å². The van der Waals surface area contributed by atoms with Crippen molar-refractivity contribution in [2.45, 2.75) is 26.2 Å². The van der Waals surface area contributed by atoms with E-state index in [0.29, 0.717) is 5.75 Å². The Bertz CT molecular complexity index is 350. The number of benzene rings is 1. The van der Waals surface area contributed by atoms with Crippen LogP contribution < -0.4 is 9.84 Å². The zero-order chi connectivity index (χ0) is 11.5. The van der Waals surface area contributed by atoms with Crippen LogP contribution in [0.5, 0.6) is 5.75 Å². The van der Waals surface area contributed by atoms with Gasteiger partial charge in [0.25, 0.3) is 0 Å². The second kappa shape index (κ2) is 4.34. The Labute approximate surface area is 89.7 Å². The number of aliphatic carboxylic acids is 1.